The predicted octanol–water partition coefficient (Wildman–Crippen LogP) is 12.5. The Balaban J connectivity index is 0.00000139. The third-order valence-corrected chi connectivity index (χ3v) is 14.4. The van der Waals surface area contributed by atoms with Gasteiger partial charge in [-0.15, -0.1) is 0 Å². The summed E-state index contributed by atoms with van der Waals surface area (Å²) in [6.07, 6.45) is 42.1. The average molecular weight is 634 g/mol. The summed E-state index contributed by atoms with van der Waals surface area (Å²) in [6, 6.07) is 6.37. The van der Waals surface area contributed by atoms with Crippen molar-refractivity contribution >= 4 is 18.9 Å². The van der Waals surface area contributed by atoms with Crippen LogP contribution < -0.4 is 10.4 Å². The van der Waals surface area contributed by atoms with Crippen LogP contribution in [-0.4, -0.2) is 37.7 Å². The van der Waals surface area contributed by atoms with Crippen molar-refractivity contribution in [3.05, 3.63) is 29.8 Å². The summed E-state index contributed by atoms with van der Waals surface area (Å²) in [6.45, 7) is 9.41. The molecular formula is C40H76NO2P. The molecule has 0 unspecified atom stereocenters. The third kappa shape index (κ3) is 25.2. The Morgan fingerprint density at radius 3 is 1.05 bits per heavy atom. The molecule has 0 bridgehead atoms. The highest BCUT2D eigenvalue weighted by atomic mass is 31.2. The number of unbranched alkanes of at least 4 members (excludes halogenated alkanes) is 20. The molecule has 0 fully saturated rings. The highest BCUT2D eigenvalue weighted by molar-refractivity contribution is 7.75. The van der Waals surface area contributed by atoms with Gasteiger partial charge in [0.25, 0.3) is 0 Å². The molecule has 0 saturated heterocycles. The Morgan fingerprint density at radius 2 is 0.773 bits per heavy atom. The van der Waals surface area contributed by atoms with E-state index in [0.29, 0.717) is 0 Å². The molecule has 0 aliphatic heterocycles. The smallest absolute Gasteiger partial charge is 0.0715 e. The molecule has 0 amide bonds. The number of anilines is 1. The van der Waals surface area contributed by atoms with E-state index in [-0.39, 0.29) is 5.56 Å². The highest BCUT2D eigenvalue weighted by Crippen LogP contribution is 2.61. The van der Waals surface area contributed by atoms with E-state index in [2.05, 4.69) is 33.0 Å². The molecule has 1 aromatic rings. The van der Waals surface area contributed by atoms with Crippen LogP contribution in [0.4, 0.5) is 5.69 Å². The van der Waals surface area contributed by atoms with Gasteiger partial charge in [-0.3, -0.25) is 0 Å². The number of hydrogen-bond donors (Lipinski definition) is 1. The molecular weight excluding hydrogens is 557 g/mol. The standard InChI is InChI=1S/C32H68P.C8H9NO2/c1-5-9-13-17-18-19-20-21-22-23-24-28-32-33(29-25-14-10-6-2,30-26-15-11-7-3)31-27-16-12-8-4;1-9-7-4-2-6(3-5-7)8(10)11/h5-32H2,1-4H3;2-5,9H,1H3,(H,10,11)/q+1;/p-1. The van der Waals surface area contributed by atoms with E-state index in [1.807, 2.05) is 0 Å². The molecule has 0 saturated carbocycles. The maximum atomic E-state index is 10.3. The minimum Gasteiger partial charge on any atom is -0.545 e. The molecule has 1 rings (SSSR count). The molecule has 258 valence electrons. The summed E-state index contributed by atoms with van der Waals surface area (Å²) in [7, 11) is 1.08. The van der Waals surface area contributed by atoms with Crippen LogP contribution in [0.2, 0.25) is 0 Å². The van der Waals surface area contributed by atoms with E-state index in [1.54, 1.807) is 69.5 Å². The second kappa shape index (κ2) is 31.9. The predicted molar refractivity (Wildman–Crippen MR) is 200 cm³/mol. The number of carboxylic acids is 1. The Bertz CT molecular complexity index is 704. The molecule has 0 atom stereocenters. The molecule has 3 nitrogen and oxygen atoms in total. The fraction of sp³-hybridized carbons (Fsp3) is 0.825. The molecule has 0 aliphatic carbocycles. The van der Waals surface area contributed by atoms with Gasteiger partial charge in [-0.25, -0.2) is 0 Å². The van der Waals surface area contributed by atoms with Crippen LogP contribution in [0.5, 0.6) is 0 Å². The zero-order valence-electron chi connectivity index (χ0n) is 30.4. The molecule has 0 aliphatic rings. The van der Waals surface area contributed by atoms with Gasteiger partial charge in [-0.05, 0) is 69.1 Å². The minimum atomic E-state index is -1.15. The topological polar surface area (TPSA) is 52.2 Å². The first kappa shape index (κ1) is 42.9. The molecule has 1 aromatic carbocycles. The monoisotopic (exact) mass is 634 g/mol. The minimum absolute atomic E-state index is 0.198. The quantitative estimate of drug-likeness (QED) is 0.0677. The maximum Gasteiger partial charge on any atom is 0.0715 e. The molecule has 4 heteroatoms. The number of aromatic carboxylic acids is 1. The number of benzene rings is 1. The van der Waals surface area contributed by atoms with Crippen molar-refractivity contribution in [3.8, 4) is 0 Å². The second-order valence-electron chi connectivity index (χ2n) is 13.4. The lowest BCUT2D eigenvalue weighted by Gasteiger charge is -2.28. The number of carbonyl (C=O) groups is 1. The molecule has 0 radical (unpaired) electrons. The van der Waals surface area contributed by atoms with Gasteiger partial charge in [-0.1, -0.05) is 143 Å². The van der Waals surface area contributed by atoms with Crippen LogP contribution in [0.3, 0.4) is 0 Å². The summed E-state index contributed by atoms with van der Waals surface area (Å²) in [5, 5.41) is 13.1. The lowest BCUT2D eigenvalue weighted by Crippen LogP contribution is -2.21. The normalized spacial score (nSPS) is 11.3. The lowest BCUT2D eigenvalue weighted by atomic mass is 10.1. The van der Waals surface area contributed by atoms with Crippen molar-refractivity contribution in [2.24, 2.45) is 0 Å². The van der Waals surface area contributed by atoms with E-state index in [1.165, 1.54) is 141 Å². The van der Waals surface area contributed by atoms with Gasteiger partial charge in [0, 0.05) is 20.0 Å². The van der Waals surface area contributed by atoms with Gasteiger partial charge in [0.2, 0.25) is 0 Å². The summed E-state index contributed by atoms with van der Waals surface area (Å²) in [5.74, 6) is -1.15. The number of carboxylic acid groups (broad SMARTS) is 1. The third-order valence-electron chi connectivity index (χ3n) is 9.35. The molecule has 1 N–H and O–H groups in total. The van der Waals surface area contributed by atoms with Crippen LogP contribution >= 0.6 is 7.26 Å². The lowest BCUT2D eigenvalue weighted by molar-refractivity contribution is -0.255. The van der Waals surface area contributed by atoms with Crippen LogP contribution in [0, 0.1) is 0 Å². The molecule has 44 heavy (non-hydrogen) atoms. The first-order valence-electron chi connectivity index (χ1n) is 19.3. The van der Waals surface area contributed by atoms with Crippen molar-refractivity contribution < 1.29 is 9.90 Å². The summed E-state index contributed by atoms with van der Waals surface area (Å²) >= 11 is 0. The number of rotatable bonds is 30. The molecule has 0 aromatic heterocycles. The Morgan fingerprint density at radius 1 is 0.500 bits per heavy atom. The zero-order chi connectivity index (χ0) is 32.6. The van der Waals surface area contributed by atoms with E-state index in [0.717, 1.165) is 5.69 Å². The van der Waals surface area contributed by atoms with Gasteiger partial charge < -0.3 is 15.2 Å². The van der Waals surface area contributed by atoms with Crippen molar-refractivity contribution in [1.82, 2.24) is 0 Å². The number of nitrogens with one attached hydrogen (secondary N) is 1. The van der Waals surface area contributed by atoms with E-state index < -0.39 is 13.2 Å². The van der Waals surface area contributed by atoms with Crippen molar-refractivity contribution in [2.75, 3.05) is 37.0 Å². The Hall–Kier alpha value is -1.08. The fourth-order valence-electron chi connectivity index (χ4n) is 6.35. The van der Waals surface area contributed by atoms with Gasteiger partial charge in [-0.2, -0.15) is 0 Å². The maximum absolute atomic E-state index is 10.3. The fourth-order valence-corrected chi connectivity index (χ4v) is 11.3. The van der Waals surface area contributed by atoms with Crippen LogP contribution in [-0.2, 0) is 0 Å². The average Bonchev–Trinajstić information content (AvgIpc) is 3.04. The van der Waals surface area contributed by atoms with Crippen LogP contribution in [0.1, 0.15) is 192 Å². The molecule has 0 heterocycles. The van der Waals surface area contributed by atoms with Gasteiger partial charge in [0.15, 0.2) is 0 Å². The first-order chi connectivity index (χ1) is 21.5. The van der Waals surface area contributed by atoms with Crippen molar-refractivity contribution in [3.63, 3.8) is 0 Å². The summed E-state index contributed by atoms with van der Waals surface area (Å²) in [5.41, 5.74) is 1.08. The van der Waals surface area contributed by atoms with Crippen LogP contribution in [0.15, 0.2) is 24.3 Å². The van der Waals surface area contributed by atoms with Gasteiger partial charge >= 0.3 is 0 Å². The highest BCUT2D eigenvalue weighted by Gasteiger charge is 2.34. The van der Waals surface area contributed by atoms with E-state index in [4.69, 9.17) is 0 Å². The summed E-state index contributed by atoms with van der Waals surface area (Å²) < 4.78 is 0. The summed E-state index contributed by atoms with van der Waals surface area (Å²) in [4.78, 5) is 10.3. The number of carbonyl (C=O) groups excluding carboxylic acids is 1. The largest absolute Gasteiger partial charge is 0.545 e. The molecule has 0 spiro atoms. The van der Waals surface area contributed by atoms with Crippen LogP contribution in [0.25, 0.3) is 0 Å². The van der Waals surface area contributed by atoms with E-state index >= 15 is 0 Å². The van der Waals surface area contributed by atoms with Crippen molar-refractivity contribution in [2.45, 2.75) is 182 Å². The second-order valence-corrected chi connectivity index (χ2v) is 17.9. The Kier molecular flexibility index (Phi) is 31.1. The Labute approximate surface area is 276 Å². The van der Waals surface area contributed by atoms with E-state index in [9.17, 15) is 9.90 Å². The van der Waals surface area contributed by atoms with Crippen molar-refractivity contribution in [1.29, 1.82) is 0 Å². The first-order valence-corrected chi connectivity index (χ1v) is 21.9. The number of hydrogen-bond acceptors (Lipinski definition) is 3. The van der Waals surface area contributed by atoms with Gasteiger partial charge in [0.05, 0.1) is 30.6 Å². The van der Waals surface area contributed by atoms with Gasteiger partial charge in [0.1, 0.15) is 0 Å². The SMILES string of the molecule is CCCCCCCCCCCCCC[P+](CCCCCC)(CCCCCC)CCCCCC.CNc1ccc(C(=O)[O-])cc1. The zero-order valence-corrected chi connectivity index (χ0v) is 31.3.